The van der Waals surface area contributed by atoms with Gasteiger partial charge in [0.25, 0.3) is 0 Å². The summed E-state index contributed by atoms with van der Waals surface area (Å²) in [4.78, 5) is 31.9. The van der Waals surface area contributed by atoms with Gasteiger partial charge in [-0.1, -0.05) is 16.8 Å². The third-order valence-corrected chi connectivity index (χ3v) is 4.01. The summed E-state index contributed by atoms with van der Waals surface area (Å²) in [5.74, 6) is -0.784. The molecule has 4 rings (SSSR count). The number of nitrogens with zero attached hydrogens (tertiary/aromatic N) is 4. The van der Waals surface area contributed by atoms with Crippen molar-refractivity contribution in [3.63, 3.8) is 0 Å². The zero-order valence-electron chi connectivity index (χ0n) is 12.9. The van der Waals surface area contributed by atoms with E-state index in [2.05, 4.69) is 15.1 Å². The lowest BCUT2D eigenvalue weighted by atomic mass is 10.1. The van der Waals surface area contributed by atoms with Gasteiger partial charge >= 0.3 is 11.4 Å². The lowest BCUT2D eigenvalue weighted by Crippen LogP contribution is -2.18. The van der Waals surface area contributed by atoms with Gasteiger partial charge in [-0.15, -0.1) is 0 Å². The predicted octanol–water partition coefficient (Wildman–Crippen LogP) is 1.81. The third kappa shape index (κ3) is 2.74. The van der Waals surface area contributed by atoms with Crippen LogP contribution in [0.5, 0.6) is 5.75 Å². The van der Waals surface area contributed by atoms with E-state index in [1.165, 1.54) is 41.4 Å². The first-order valence-electron chi connectivity index (χ1n) is 7.31. The predicted molar refractivity (Wildman–Crippen MR) is 90.0 cm³/mol. The number of halogens is 1. The highest BCUT2D eigenvalue weighted by Gasteiger charge is 2.17. The molecule has 0 aliphatic rings. The van der Waals surface area contributed by atoms with Crippen molar-refractivity contribution in [2.24, 2.45) is 0 Å². The van der Waals surface area contributed by atoms with Gasteiger partial charge in [0.05, 0.1) is 17.8 Å². The van der Waals surface area contributed by atoms with Gasteiger partial charge in [0.2, 0.25) is 5.82 Å². The minimum atomic E-state index is -0.725. The molecule has 10 heteroatoms. The number of benzene rings is 1. The second-order valence-electron chi connectivity index (χ2n) is 5.34. The Morgan fingerprint density at radius 2 is 2.04 bits per heavy atom. The zero-order chi connectivity index (χ0) is 18.3. The van der Waals surface area contributed by atoms with Gasteiger partial charge in [0.1, 0.15) is 17.0 Å². The molecule has 0 unspecified atom stereocenters. The molecule has 3 aromatic heterocycles. The first kappa shape index (κ1) is 16.0. The minimum absolute atomic E-state index is 0.0442. The van der Waals surface area contributed by atoms with Crippen LogP contribution in [0.3, 0.4) is 0 Å². The summed E-state index contributed by atoms with van der Waals surface area (Å²) in [6.45, 7) is -0.0442. The largest absolute Gasteiger partial charge is 0.506 e. The first-order chi connectivity index (χ1) is 12.5. The smallest absolute Gasteiger partial charge is 0.442 e. The van der Waals surface area contributed by atoms with Crippen LogP contribution in [-0.2, 0) is 6.54 Å². The Morgan fingerprint density at radius 3 is 2.81 bits per heavy atom. The number of aromatic nitrogens is 4. The Hall–Kier alpha value is -3.46. The summed E-state index contributed by atoms with van der Waals surface area (Å²) in [7, 11) is 0. The summed E-state index contributed by atoms with van der Waals surface area (Å²) in [6.07, 6.45) is 4.37. The highest BCUT2D eigenvalue weighted by molar-refractivity contribution is 6.32. The van der Waals surface area contributed by atoms with E-state index in [-0.39, 0.29) is 28.7 Å². The SMILES string of the molecule is O=c1cc(Cn2c(-c3cnccn3)noc2=O)c2cc(Cl)c(O)cc2o1. The van der Waals surface area contributed by atoms with Crippen molar-refractivity contribution in [1.82, 2.24) is 19.7 Å². The van der Waals surface area contributed by atoms with Crippen molar-refractivity contribution >= 4 is 22.6 Å². The van der Waals surface area contributed by atoms with Crippen LogP contribution in [-0.4, -0.2) is 24.8 Å². The quantitative estimate of drug-likeness (QED) is 0.540. The molecule has 0 atom stereocenters. The number of fused-ring (bicyclic) bond motifs is 1. The van der Waals surface area contributed by atoms with E-state index in [9.17, 15) is 14.7 Å². The Bertz CT molecular complexity index is 1230. The highest BCUT2D eigenvalue weighted by atomic mass is 35.5. The molecule has 0 bridgehead atoms. The number of phenolic OH excluding ortho intramolecular Hbond substituents is 1. The molecule has 4 aromatic rings. The van der Waals surface area contributed by atoms with Crippen LogP contribution >= 0.6 is 11.6 Å². The van der Waals surface area contributed by atoms with E-state index in [0.717, 1.165) is 0 Å². The molecule has 3 heterocycles. The Labute approximate surface area is 149 Å². The van der Waals surface area contributed by atoms with Crippen molar-refractivity contribution in [1.29, 1.82) is 0 Å². The topological polar surface area (TPSA) is 124 Å². The maximum Gasteiger partial charge on any atom is 0.442 e. The molecule has 0 fully saturated rings. The second kappa shape index (κ2) is 6.12. The van der Waals surface area contributed by atoms with Crippen LogP contribution in [0.4, 0.5) is 0 Å². The molecule has 9 nitrogen and oxygen atoms in total. The molecule has 0 saturated heterocycles. The van der Waals surface area contributed by atoms with Crippen molar-refractivity contribution in [3.8, 4) is 17.3 Å². The van der Waals surface area contributed by atoms with E-state index in [1.54, 1.807) is 0 Å². The van der Waals surface area contributed by atoms with E-state index >= 15 is 0 Å². The second-order valence-corrected chi connectivity index (χ2v) is 5.75. The Morgan fingerprint density at radius 1 is 1.19 bits per heavy atom. The van der Waals surface area contributed by atoms with Crippen LogP contribution in [0.2, 0.25) is 5.02 Å². The fourth-order valence-electron chi connectivity index (χ4n) is 2.54. The number of hydrogen-bond acceptors (Lipinski definition) is 8. The number of phenols is 1. The summed E-state index contributed by atoms with van der Waals surface area (Å²) in [5, 5.41) is 14.0. The molecule has 0 amide bonds. The van der Waals surface area contributed by atoms with Crippen LogP contribution in [0, 0.1) is 0 Å². The summed E-state index contributed by atoms with van der Waals surface area (Å²) in [6, 6.07) is 3.92. The maximum atomic E-state index is 12.1. The van der Waals surface area contributed by atoms with Crippen molar-refractivity contribution in [2.75, 3.05) is 0 Å². The normalized spacial score (nSPS) is 11.1. The van der Waals surface area contributed by atoms with E-state index in [4.69, 9.17) is 20.5 Å². The van der Waals surface area contributed by atoms with Crippen LogP contribution < -0.4 is 11.4 Å². The molecule has 0 spiro atoms. The van der Waals surface area contributed by atoms with Crippen molar-refractivity contribution < 1.29 is 14.0 Å². The Balaban J connectivity index is 1.89. The molecule has 0 aliphatic heterocycles. The van der Waals surface area contributed by atoms with Crippen molar-refractivity contribution in [2.45, 2.75) is 6.54 Å². The third-order valence-electron chi connectivity index (χ3n) is 3.70. The standard InChI is InChI=1S/C16H9ClN4O5/c17-10-4-9-8(3-14(23)25-13(9)5-12(10)22)7-21-15(20-26-16(21)24)11-6-18-1-2-19-11/h1-6,22H,7H2. The zero-order valence-corrected chi connectivity index (χ0v) is 13.7. The van der Waals surface area contributed by atoms with Gasteiger partial charge in [-0.2, -0.15) is 0 Å². The fraction of sp³-hybridized carbons (Fsp3) is 0.0625. The molecular weight excluding hydrogens is 364 g/mol. The summed E-state index contributed by atoms with van der Waals surface area (Å²) >= 11 is 5.95. The molecular formula is C16H9ClN4O5. The van der Waals surface area contributed by atoms with Crippen molar-refractivity contribution in [3.05, 3.63) is 68.3 Å². The van der Waals surface area contributed by atoms with Crippen LogP contribution in [0.25, 0.3) is 22.5 Å². The van der Waals surface area contributed by atoms with Gasteiger partial charge in [-0.25, -0.2) is 14.6 Å². The molecule has 1 N–H and O–H groups in total. The van der Waals surface area contributed by atoms with Crippen LogP contribution in [0.1, 0.15) is 5.56 Å². The Kier molecular flexibility index (Phi) is 3.77. The van der Waals surface area contributed by atoms with Gasteiger partial charge in [-0.3, -0.25) is 14.1 Å². The average molecular weight is 373 g/mol. The van der Waals surface area contributed by atoms with E-state index in [0.29, 0.717) is 16.6 Å². The monoisotopic (exact) mass is 372 g/mol. The molecule has 0 radical (unpaired) electrons. The van der Waals surface area contributed by atoms with Gasteiger partial charge in [0.15, 0.2) is 0 Å². The molecule has 130 valence electrons. The summed E-state index contributed by atoms with van der Waals surface area (Å²) in [5.41, 5.74) is 0.273. The highest BCUT2D eigenvalue weighted by Crippen LogP contribution is 2.30. The molecule has 0 aliphatic carbocycles. The average Bonchev–Trinajstić information content (AvgIpc) is 2.98. The van der Waals surface area contributed by atoms with Gasteiger partial charge < -0.3 is 9.52 Å². The lowest BCUT2D eigenvalue weighted by Gasteiger charge is -2.08. The fourth-order valence-corrected chi connectivity index (χ4v) is 2.71. The van der Waals surface area contributed by atoms with E-state index in [1.807, 2.05) is 0 Å². The van der Waals surface area contributed by atoms with Crippen LogP contribution in [0.15, 0.2) is 55.3 Å². The molecule has 1 aromatic carbocycles. The van der Waals surface area contributed by atoms with Gasteiger partial charge in [0, 0.05) is 29.9 Å². The number of hydrogen-bond donors (Lipinski definition) is 1. The maximum absolute atomic E-state index is 12.1. The van der Waals surface area contributed by atoms with Gasteiger partial charge in [-0.05, 0) is 11.6 Å². The number of aromatic hydroxyl groups is 1. The first-order valence-corrected chi connectivity index (χ1v) is 7.69. The molecule has 26 heavy (non-hydrogen) atoms. The van der Waals surface area contributed by atoms with E-state index < -0.39 is 11.4 Å². The minimum Gasteiger partial charge on any atom is -0.506 e. The summed E-state index contributed by atoms with van der Waals surface area (Å²) < 4.78 is 11.0. The number of rotatable bonds is 3. The lowest BCUT2D eigenvalue weighted by molar-refractivity contribution is 0.378. The molecule has 0 saturated carbocycles.